The van der Waals surface area contributed by atoms with Gasteiger partial charge in [-0.1, -0.05) is 22.0 Å². The summed E-state index contributed by atoms with van der Waals surface area (Å²) in [6, 6.07) is 4.16. The average Bonchev–Trinajstić information content (AvgIpc) is 2.01. The van der Waals surface area contributed by atoms with Crippen LogP contribution in [-0.2, 0) is 9.05 Å². The maximum absolute atomic E-state index is 13.3. The van der Waals surface area contributed by atoms with Crippen molar-refractivity contribution in [1.29, 1.82) is 0 Å². The van der Waals surface area contributed by atoms with Gasteiger partial charge in [-0.2, -0.15) is 0 Å². The van der Waals surface area contributed by atoms with E-state index in [1.165, 1.54) is 19.1 Å². The molecule has 0 heterocycles. The fraction of sp³-hybridized carbons (Fsp3) is 0.250. The van der Waals surface area contributed by atoms with Crippen LogP contribution in [0.15, 0.2) is 22.7 Å². The first-order valence-corrected chi connectivity index (χ1v) is 6.87. The smallest absolute Gasteiger partial charge is 0.212 e. The molecule has 1 aromatic rings. The predicted octanol–water partition coefficient (Wildman–Crippen LogP) is 3.22. The van der Waals surface area contributed by atoms with Gasteiger partial charge in [-0.15, -0.1) is 0 Å². The van der Waals surface area contributed by atoms with Gasteiger partial charge >= 0.3 is 0 Å². The maximum Gasteiger partial charge on any atom is 0.239 e. The van der Waals surface area contributed by atoms with Crippen molar-refractivity contribution in [2.24, 2.45) is 0 Å². The molecular formula is C8H7BrClFO2S. The second-order valence-electron chi connectivity index (χ2n) is 2.78. The van der Waals surface area contributed by atoms with Crippen molar-refractivity contribution in [3.63, 3.8) is 0 Å². The predicted molar refractivity (Wildman–Crippen MR) is 57.3 cm³/mol. The Morgan fingerprint density at radius 3 is 2.50 bits per heavy atom. The molecule has 0 radical (unpaired) electrons. The highest BCUT2D eigenvalue weighted by atomic mass is 79.9. The van der Waals surface area contributed by atoms with E-state index in [0.717, 1.165) is 0 Å². The van der Waals surface area contributed by atoms with Gasteiger partial charge in [-0.25, -0.2) is 12.8 Å². The van der Waals surface area contributed by atoms with Gasteiger partial charge in [0.05, 0.1) is 0 Å². The second-order valence-corrected chi connectivity index (χ2v) is 6.65. The average molecular weight is 302 g/mol. The Kier molecular flexibility index (Phi) is 3.55. The number of hydrogen-bond donors (Lipinski definition) is 0. The van der Waals surface area contributed by atoms with Gasteiger partial charge in [0.25, 0.3) is 0 Å². The molecule has 2 nitrogen and oxygen atoms in total. The van der Waals surface area contributed by atoms with Crippen molar-refractivity contribution >= 4 is 35.7 Å². The molecule has 0 amide bonds. The molecule has 1 atom stereocenters. The summed E-state index contributed by atoms with van der Waals surface area (Å²) in [4.78, 5) is 0. The third kappa shape index (κ3) is 2.68. The molecule has 0 aliphatic rings. The zero-order chi connectivity index (χ0) is 10.9. The van der Waals surface area contributed by atoms with E-state index >= 15 is 0 Å². The van der Waals surface area contributed by atoms with Crippen molar-refractivity contribution in [1.82, 2.24) is 0 Å². The van der Waals surface area contributed by atoms with Crippen molar-refractivity contribution in [3.8, 4) is 0 Å². The lowest BCUT2D eigenvalue weighted by Gasteiger charge is -2.08. The second kappa shape index (κ2) is 4.16. The van der Waals surface area contributed by atoms with Crippen LogP contribution in [-0.4, -0.2) is 8.42 Å². The summed E-state index contributed by atoms with van der Waals surface area (Å²) in [6.45, 7) is 1.34. The van der Waals surface area contributed by atoms with E-state index < -0.39 is 20.1 Å². The van der Waals surface area contributed by atoms with Crippen molar-refractivity contribution in [3.05, 3.63) is 34.1 Å². The molecule has 0 aromatic heterocycles. The Bertz CT molecular complexity index is 447. The molecule has 0 spiro atoms. The first-order valence-electron chi connectivity index (χ1n) is 3.71. The quantitative estimate of drug-likeness (QED) is 0.786. The summed E-state index contributed by atoms with van der Waals surface area (Å²) < 4.78 is 35.7. The fourth-order valence-electron chi connectivity index (χ4n) is 0.983. The summed E-state index contributed by atoms with van der Waals surface area (Å²) >= 11 is 3.07. The molecule has 0 aliphatic heterocycles. The van der Waals surface area contributed by atoms with E-state index in [1.807, 2.05) is 0 Å². The molecule has 14 heavy (non-hydrogen) atoms. The van der Waals surface area contributed by atoms with Crippen molar-refractivity contribution in [2.45, 2.75) is 12.2 Å². The molecule has 0 bridgehead atoms. The standard InChI is InChI=1S/C8H7BrClFO2S/c1-5(14(10,12)13)7-3-2-6(9)4-8(7)11/h2-5H,1H3. The van der Waals surface area contributed by atoms with Gasteiger partial charge < -0.3 is 0 Å². The number of benzene rings is 1. The van der Waals surface area contributed by atoms with Gasteiger partial charge in [0.2, 0.25) is 9.05 Å². The monoisotopic (exact) mass is 300 g/mol. The van der Waals surface area contributed by atoms with Crippen LogP contribution in [0.3, 0.4) is 0 Å². The Balaban J connectivity index is 3.21. The summed E-state index contributed by atoms with van der Waals surface area (Å²) in [6.07, 6.45) is 0. The van der Waals surface area contributed by atoms with E-state index in [4.69, 9.17) is 10.7 Å². The largest absolute Gasteiger partial charge is 0.239 e. The third-order valence-corrected chi connectivity index (χ3v) is 4.22. The molecule has 6 heteroatoms. The zero-order valence-electron chi connectivity index (χ0n) is 7.17. The van der Waals surface area contributed by atoms with Gasteiger partial charge in [-0.05, 0) is 19.1 Å². The zero-order valence-corrected chi connectivity index (χ0v) is 10.3. The van der Waals surface area contributed by atoms with E-state index in [0.29, 0.717) is 4.47 Å². The van der Waals surface area contributed by atoms with Gasteiger partial charge in [0.1, 0.15) is 11.1 Å². The van der Waals surface area contributed by atoms with E-state index in [2.05, 4.69) is 15.9 Å². The lowest BCUT2D eigenvalue weighted by molar-refractivity contribution is 0.584. The molecule has 0 N–H and O–H groups in total. The minimum absolute atomic E-state index is 0.0724. The minimum atomic E-state index is -3.77. The number of halogens is 3. The summed E-state index contributed by atoms with van der Waals surface area (Å²) in [5.41, 5.74) is 0.0724. The van der Waals surface area contributed by atoms with Crippen LogP contribution < -0.4 is 0 Å². The van der Waals surface area contributed by atoms with Crippen molar-refractivity contribution < 1.29 is 12.8 Å². The van der Waals surface area contributed by atoms with Crippen molar-refractivity contribution in [2.75, 3.05) is 0 Å². The van der Waals surface area contributed by atoms with Crippen LogP contribution in [0.1, 0.15) is 17.7 Å². The van der Waals surface area contributed by atoms with Crippen LogP contribution in [0.25, 0.3) is 0 Å². The molecule has 1 unspecified atom stereocenters. The topological polar surface area (TPSA) is 34.1 Å². The fourth-order valence-corrected chi connectivity index (χ4v) is 2.10. The Hall–Kier alpha value is -0.130. The number of hydrogen-bond acceptors (Lipinski definition) is 2. The Morgan fingerprint density at radius 1 is 1.50 bits per heavy atom. The van der Waals surface area contributed by atoms with Gasteiger partial charge in [0, 0.05) is 20.7 Å². The first-order chi connectivity index (χ1) is 6.32. The highest BCUT2D eigenvalue weighted by molar-refractivity contribution is 9.10. The highest BCUT2D eigenvalue weighted by Gasteiger charge is 2.22. The van der Waals surface area contributed by atoms with Gasteiger partial charge in [0.15, 0.2) is 0 Å². The molecule has 0 saturated carbocycles. The Morgan fingerprint density at radius 2 is 2.07 bits per heavy atom. The summed E-state index contributed by atoms with van der Waals surface area (Å²) in [7, 11) is 1.35. The maximum atomic E-state index is 13.3. The lowest BCUT2D eigenvalue weighted by Crippen LogP contribution is -2.05. The van der Waals surface area contributed by atoms with Gasteiger partial charge in [-0.3, -0.25) is 0 Å². The van der Waals surface area contributed by atoms with Crippen LogP contribution in [0.4, 0.5) is 4.39 Å². The van der Waals surface area contributed by atoms with Crippen LogP contribution in [0.5, 0.6) is 0 Å². The highest BCUT2D eigenvalue weighted by Crippen LogP contribution is 2.28. The molecule has 1 rings (SSSR count). The SMILES string of the molecule is CC(c1ccc(Br)cc1F)S(=O)(=O)Cl. The summed E-state index contributed by atoms with van der Waals surface area (Å²) in [5.74, 6) is -0.587. The van der Waals surface area contributed by atoms with E-state index in [-0.39, 0.29) is 5.56 Å². The molecule has 1 aromatic carbocycles. The molecule has 78 valence electrons. The van der Waals surface area contributed by atoms with E-state index in [1.54, 1.807) is 6.07 Å². The molecule has 0 fully saturated rings. The molecule has 0 aliphatic carbocycles. The van der Waals surface area contributed by atoms with E-state index in [9.17, 15) is 12.8 Å². The molecule has 0 saturated heterocycles. The normalized spacial score (nSPS) is 14.0. The minimum Gasteiger partial charge on any atom is -0.212 e. The van der Waals surface area contributed by atoms with Crippen LogP contribution in [0, 0.1) is 5.82 Å². The first kappa shape index (κ1) is 11.9. The molecular weight excluding hydrogens is 295 g/mol. The lowest BCUT2D eigenvalue weighted by atomic mass is 10.1. The number of rotatable bonds is 2. The van der Waals surface area contributed by atoms with Crippen LogP contribution >= 0.6 is 26.6 Å². The third-order valence-electron chi connectivity index (χ3n) is 1.82. The Labute approximate surface area is 94.6 Å². The van der Waals surface area contributed by atoms with Crippen LogP contribution in [0.2, 0.25) is 0 Å². The summed E-state index contributed by atoms with van der Waals surface area (Å²) in [5, 5.41) is -1.04.